The van der Waals surface area contributed by atoms with Gasteiger partial charge in [-0.25, -0.2) is 0 Å². The maximum atomic E-state index is 11.5. The van der Waals surface area contributed by atoms with Crippen LogP contribution in [0.15, 0.2) is 24.3 Å². The summed E-state index contributed by atoms with van der Waals surface area (Å²) < 4.78 is 0. The molecule has 0 unspecified atom stereocenters. The van der Waals surface area contributed by atoms with E-state index in [1.165, 1.54) is 5.56 Å². The number of anilines is 1. The van der Waals surface area contributed by atoms with E-state index >= 15 is 0 Å². The number of nitrogens with zero attached hydrogens (tertiary/aromatic N) is 2. The van der Waals surface area contributed by atoms with Crippen molar-refractivity contribution in [3.8, 4) is 0 Å². The summed E-state index contributed by atoms with van der Waals surface area (Å²) in [6.07, 6.45) is 0.364. The van der Waals surface area contributed by atoms with E-state index < -0.39 is 0 Å². The maximum Gasteiger partial charge on any atom is 0.225 e. The zero-order valence-electron chi connectivity index (χ0n) is 12.5. The van der Waals surface area contributed by atoms with E-state index in [0.717, 1.165) is 38.4 Å². The highest BCUT2D eigenvalue weighted by molar-refractivity contribution is 5.90. The van der Waals surface area contributed by atoms with Gasteiger partial charge in [0, 0.05) is 51.4 Å². The smallest absolute Gasteiger partial charge is 0.225 e. The summed E-state index contributed by atoms with van der Waals surface area (Å²) >= 11 is 0. The second-order valence-corrected chi connectivity index (χ2v) is 5.37. The predicted octanol–water partition coefficient (Wildman–Crippen LogP) is 1.14. The first-order valence-corrected chi connectivity index (χ1v) is 7.17. The molecule has 0 bridgehead atoms. The van der Waals surface area contributed by atoms with Crippen LogP contribution in [0.5, 0.6) is 0 Å². The van der Waals surface area contributed by atoms with Crippen molar-refractivity contribution in [3.63, 3.8) is 0 Å². The van der Waals surface area contributed by atoms with E-state index in [4.69, 9.17) is 5.73 Å². The Bertz CT molecular complexity index is 447. The zero-order chi connectivity index (χ0) is 14.4. The Morgan fingerprint density at radius 1 is 1.29 bits per heavy atom. The Balaban J connectivity index is 0.00000220. The lowest BCUT2D eigenvalue weighted by Crippen LogP contribution is -2.43. The number of piperazine rings is 1. The summed E-state index contributed by atoms with van der Waals surface area (Å²) in [4.78, 5) is 16.3. The van der Waals surface area contributed by atoms with Gasteiger partial charge in [-0.3, -0.25) is 9.69 Å². The van der Waals surface area contributed by atoms with Gasteiger partial charge in [-0.05, 0) is 24.7 Å². The number of hydrogen-bond acceptors (Lipinski definition) is 4. The molecule has 1 amide bonds. The van der Waals surface area contributed by atoms with E-state index in [1.54, 1.807) is 0 Å². The molecule has 0 radical (unpaired) electrons. The summed E-state index contributed by atoms with van der Waals surface area (Å²) in [5.41, 5.74) is 7.47. The molecule has 118 valence electrons. The van der Waals surface area contributed by atoms with Crippen molar-refractivity contribution in [1.82, 2.24) is 9.80 Å². The third-order valence-electron chi connectivity index (χ3n) is 3.58. The fourth-order valence-electron chi connectivity index (χ4n) is 2.37. The number of rotatable bonds is 5. The van der Waals surface area contributed by atoms with E-state index in [0.29, 0.717) is 13.0 Å². The van der Waals surface area contributed by atoms with Crippen molar-refractivity contribution in [2.75, 3.05) is 45.1 Å². The number of hydrogen-bond donors (Lipinski definition) is 2. The van der Waals surface area contributed by atoms with E-state index in [-0.39, 0.29) is 18.3 Å². The van der Waals surface area contributed by atoms with Crippen molar-refractivity contribution in [2.24, 2.45) is 5.73 Å². The molecule has 0 spiro atoms. The van der Waals surface area contributed by atoms with Crippen molar-refractivity contribution in [2.45, 2.75) is 13.0 Å². The van der Waals surface area contributed by atoms with E-state index in [2.05, 4.69) is 28.2 Å². The molecule has 0 aromatic heterocycles. The molecule has 1 aromatic carbocycles. The largest absolute Gasteiger partial charge is 0.330 e. The number of nitrogens with two attached hydrogens (primary N) is 1. The van der Waals surface area contributed by atoms with Crippen LogP contribution in [0.2, 0.25) is 0 Å². The van der Waals surface area contributed by atoms with Crippen LogP contribution in [0.25, 0.3) is 0 Å². The maximum absolute atomic E-state index is 11.5. The number of amides is 1. The number of halogens is 1. The standard InChI is InChI=1S/C15H24N4O.ClH/c1-18-7-9-19(10-8-18)12-13-3-2-4-14(11-13)17-15(20)5-6-16;/h2-4,11H,5-10,12,16H2,1H3,(H,17,20);1H. The van der Waals surface area contributed by atoms with Gasteiger partial charge in [0.25, 0.3) is 0 Å². The highest BCUT2D eigenvalue weighted by Gasteiger charge is 2.13. The van der Waals surface area contributed by atoms with Gasteiger partial charge < -0.3 is 16.0 Å². The summed E-state index contributed by atoms with van der Waals surface area (Å²) in [6.45, 7) is 5.75. The predicted molar refractivity (Wildman–Crippen MR) is 88.8 cm³/mol. The molecule has 6 heteroatoms. The van der Waals surface area contributed by atoms with Gasteiger partial charge in [0.2, 0.25) is 5.91 Å². The van der Waals surface area contributed by atoms with Crippen molar-refractivity contribution < 1.29 is 4.79 Å². The Labute approximate surface area is 132 Å². The van der Waals surface area contributed by atoms with Crippen LogP contribution in [-0.4, -0.2) is 55.5 Å². The molecule has 1 heterocycles. The minimum absolute atomic E-state index is 0. The Hall–Kier alpha value is -1.14. The van der Waals surface area contributed by atoms with E-state index in [9.17, 15) is 4.79 Å². The van der Waals surface area contributed by atoms with Crippen molar-refractivity contribution >= 4 is 24.0 Å². The van der Waals surface area contributed by atoms with Crippen LogP contribution >= 0.6 is 12.4 Å². The molecule has 21 heavy (non-hydrogen) atoms. The highest BCUT2D eigenvalue weighted by Crippen LogP contribution is 2.14. The summed E-state index contributed by atoms with van der Waals surface area (Å²) in [7, 11) is 2.16. The summed E-state index contributed by atoms with van der Waals surface area (Å²) in [5, 5.41) is 2.88. The Kier molecular flexibility index (Phi) is 7.67. The van der Waals surface area contributed by atoms with Gasteiger partial charge in [-0.15, -0.1) is 12.4 Å². The lowest BCUT2D eigenvalue weighted by molar-refractivity contribution is -0.116. The third-order valence-corrected chi connectivity index (χ3v) is 3.58. The van der Waals surface area contributed by atoms with Crippen molar-refractivity contribution in [1.29, 1.82) is 0 Å². The minimum Gasteiger partial charge on any atom is -0.330 e. The molecule has 5 nitrogen and oxygen atoms in total. The quantitative estimate of drug-likeness (QED) is 0.856. The van der Waals surface area contributed by atoms with Crippen LogP contribution in [0.1, 0.15) is 12.0 Å². The minimum atomic E-state index is -0.0238. The molecule has 2 rings (SSSR count). The number of likely N-dealkylation sites (N-methyl/N-ethyl adjacent to an activating group) is 1. The van der Waals surface area contributed by atoms with E-state index in [1.807, 2.05) is 18.2 Å². The van der Waals surface area contributed by atoms with Crippen LogP contribution in [0.4, 0.5) is 5.69 Å². The molecule has 1 saturated heterocycles. The normalized spacial score (nSPS) is 16.3. The van der Waals surface area contributed by atoms with Gasteiger partial charge in [0.15, 0.2) is 0 Å². The molecular formula is C15H25ClN4O. The van der Waals surface area contributed by atoms with Gasteiger partial charge in [-0.1, -0.05) is 12.1 Å². The average molecular weight is 313 g/mol. The number of carbonyl (C=O) groups excluding carboxylic acids is 1. The fourth-order valence-corrected chi connectivity index (χ4v) is 2.37. The molecule has 1 aliphatic rings. The van der Waals surface area contributed by atoms with Crippen LogP contribution in [-0.2, 0) is 11.3 Å². The third kappa shape index (κ3) is 6.01. The number of carbonyl (C=O) groups is 1. The van der Waals surface area contributed by atoms with Crippen molar-refractivity contribution in [3.05, 3.63) is 29.8 Å². The monoisotopic (exact) mass is 312 g/mol. The fraction of sp³-hybridized carbons (Fsp3) is 0.533. The van der Waals surface area contributed by atoms with Gasteiger partial charge in [0.1, 0.15) is 0 Å². The molecule has 3 N–H and O–H groups in total. The molecule has 1 fully saturated rings. The Morgan fingerprint density at radius 2 is 2.00 bits per heavy atom. The molecule has 0 saturated carbocycles. The molecule has 0 atom stereocenters. The van der Waals surface area contributed by atoms with Crippen LogP contribution < -0.4 is 11.1 Å². The number of benzene rings is 1. The lowest BCUT2D eigenvalue weighted by atomic mass is 10.1. The van der Waals surface area contributed by atoms with Crippen LogP contribution in [0.3, 0.4) is 0 Å². The number of nitrogens with one attached hydrogen (secondary N) is 1. The second-order valence-electron chi connectivity index (χ2n) is 5.37. The zero-order valence-corrected chi connectivity index (χ0v) is 13.4. The van der Waals surface area contributed by atoms with Crippen LogP contribution in [0, 0.1) is 0 Å². The Morgan fingerprint density at radius 3 is 2.67 bits per heavy atom. The first-order chi connectivity index (χ1) is 9.67. The van der Waals surface area contributed by atoms with Gasteiger partial charge >= 0.3 is 0 Å². The summed E-state index contributed by atoms with van der Waals surface area (Å²) in [5.74, 6) is -0.0238. The first-order valence-electron chi connectivity index (χ1n) is 7.17. The molecule has 1 aliphatic heterocycles. The SMILES string of the molecule is CN1CCN(Cc2cccc(NC(=O)CCN)c2)CC1.Cl. The topological polar surface area (TPSA) is 61.6 Å². The lowest BCUT2D eigenvalue weighted by Gasteiger charge is -2.32. The molecule has 1 aromatic rings. The first kappa shape index (κ1) is 17.9. The second kappa shape index (κ2) is 9.00. The highest BCUT2D eigenvalue weighted by atomic mass is 35.5. The van der Waals surface area contributed by atoms with Gasteiger partial charge in [0.05, 0.1) is 0 Å². The average Bonchev–Trinajstić information content (AvgIpc) is 2.42. The summed E-state index contributed by atoms with van der Waals surface area (Å²) in [6, 6.07) is 8.06. The van der Waals surface area contributed by atoms with Gasteiger partial charge in [-0.2, -0.15) is 0 Å². The molecule has 0 aliphatic carbocycles. The molecular weight excluding hydrogens is 288 g/mol.